The van der Waals surface area contributed by atoms with Crippen molar-refractivity contribution < 1.29 is 13.6 Å². The van der Waals surface area contributed by atoms with Gasteiger partial charge in [0.2, 0.25) is 5.78 Å². The average molecular weight is 274 g/mol. The molecule has 1 nitrogen and oxygen atoms in total. The van der Waals surface area contributed by atoms with E-state index in [1.807, 2.05) is 12.1 Å². The van der Waals surface area contributed by atoms with Crippen molar-refractivity contribution in [3.05, 3.63) is 70.1 Å². The predicted molar refractivity (Wildman–Crippen MR) is 71.0 cm³/mol. The summed E-state index contributed by atoms with van der Waals surface area (Å²) >= 11 is 1.30. The molecule has 0 spiro atoms. The van der Waals surface area contributed by atoms with E-state index in [2.05, 4.69) is 0 Å². The number of benzene rings is 2. The summed E-state index contributed by atoms with van der Waals surface area (Å²) in [6.45, 7) is 0. The van der Waals surface area contributed by atoms with Crippen molar-refractivity contribution in [1.82, 2.24) is 0 Å². The van der Waals surface area contributed by atoms with E-state index in [0.717, 1.165) is 11.0 Å². The van der Waals surface area contributed by atoms with E-state index >= 15 is 0 Å². The van der Waals surface area contributed by atoms with Gasteiger partial charge in [-0.1, -0.05) is 23.9 Å². The minimum Gasteiger partial charge on any atom is -0.288 e. The molecule has 1 heterocycles. The molecule has 0 saturated carbocycles. The van der Waals surface area contributed by atoms with Gasteiger partial charge in [0.15, 0.2) is 0 Å². The van der Waals surface area contributed by atoms with Gasteiger partial charge >= 0.3 is 0 Å². The van der Waals surface area contributed by atoms with Gasteiger partial charge in [-0.25, -0.2) is 8.78 Å². The SMILES string of the molecule is O=C1/C(=C/c2ccc(F)cc2F)Sc2ccccc21. The van der Waals surface area contributed by atoms with Crippen LogP contribution in [0, 0.1) is 11.6 Å². The van der Waals surface area contributed by atoms with Gasteiger partial charge in [0.05, 0.1) is 4.91 Å². The van der Waals surface area contributed by atoms with E-state index in [0.29, 0.717) is 10.5 Å². The first-order valence-electron chi connectivity index (χ1n) is 5.63. The maximum atomic E-state index is 13.6. The second kappa shape index (κ2) is 4.63. The van der Waals surface area contributed by atoms with Crippen molar-refractivity contribution in [2.45, 2.75) is 4.90 Å². The molecule has 3 rings (SSSR count). The third kappa shape index (κ3) is 2.19. The van der Waals surface area contributed by atoms with Gasteiger partial charge < -0.3 is 0 Å². The Kier molecular flexibility index (Phi) is 2.95. The standard InChI is InChI=1S/C15H8F2OS/c16-10-6-5-9(12(17)8-10)7-14-15(18)11-3-1-2-4-13(11)19-14/h1-8H/b14-7-. The van der Waals surface area contributed by atoms with Gasteiger partial charge in [0.25, 0.3) is 0 Å². The van der Waals surface area contributed by atoms with E-state index in [9.17, 15) is 13.6 Å². The lowest BCUT2D eigenvalue weighted by Crippen LogP contribution is -1.94. The molecule has 0 saturated heterocycles. The Labute approximate surface area is 113 Å². The summed E-state index contributed by atoms with van der Waals surface area (Å²) in [7, 11) is 0. The normalized spacial score (nSPS) is 15.9. The van der Waals surface area contributed by atoms with Crippen molar-refractivity contribution >= 4 is 23.6 Å². The maximum absolute atomic E-state index is 13.6. The Morgan fingerprint density at radius 1 is 1.05 bits per heavy atom. The first-order chi connectivity index (χ1) is 9.15. The minimum atomic E-state index is -0.670. The number of rotatable bonds is 1. The fourth-order valence-corrected chi connectivity index (χ4v) is 2.94. The summed E-state index contributed by atoms with van der Waals surface area (Å²) in [6, 6.07) is 10.5. The van der Waals surface area contributed by atoms with Crippen LogP contribution in [-0.4, -0.2) is 5.78 Å². The van der Waals surface area contributed by atoms with Crippen LogP contribution < -0.4 is 0 Å². The van der Waals surface area contributed by atoms with E-state index in [4.69, 9.17) is 0 Å². The van der Waals surface area contributed by atoms with Crippen LogP contribution >= 0.6 is 11.8 Å². The van der Waals surface area contributed by atoms with Crippen LogP contribution in [0.25, 0.3) is 6.08 Å². The second-order valence-corrected chi connectivity index (χ2v) is 5.19. The lowest BCUT2D eigenvalue weighted by molar-refractivity contribution is 0.104. The van der Waals surface area contributed by atoms with Crippen LogP contribution in [0.4, 0.5) is 8.78 Å². The largest absolute Gasteiger partial charge is 0.288 e. The maximum Gasteiger partial charge on any atom is 0.200 e. The highest BCUT2D eigenvalue weighted by atomic mass is 32.2. The minimum absolute atomic E-state index is 0.121. The van der Waals surface area contributed by atoms with E-state index in [-0.39, 0.29) is 11.3 Å². The summed E-state index contributed by atoms with van der Waals surface area (Å²) in [5, 5.41) is 0. The van der Waals surface area contributed by atoms with E-state index < -0.39 is 11.6 Å². The average Bonchev–Trinajstić information content (AvgIpc) is 2.70. The molecule has 0 atom stereocenters. The van der Waals surface area contributed by atoms with Gasteiger partial charge in [0, 0.05) is 22.1 Å². The molecule has 0 N–H and O–H groups in total. The summed E-state index contributed by atoms with van der Waals surface area (Å²) in [5.74, 6) is -1.42. The van der Waals surface area contributed by atoms with Crippen LogP contribution in [0.5, 0.6) is 0 Å². The number of thioether (sulfide) groups is 1. The Balaban J connectivity index is 2.01. The third-order valence-corrected chi connectivity index (χ3v) is 3.92. The topological polar surface area (TPSA) is 17.1 Å². The molecule has 0 radical (unpaired) electrons. The molecule has 0 bridgehead atoms. The molecule has 94 valence electrons. The molecular weight excluding hydrogens is 266 g/mol. The van der Waals surface area contributed by atoms with Crippen LogP contribution in [0.15, 0.2) is 52.3 Å². The van der Waals surface area contributed by atoms with Gasteiger partial charge in [-0.3, -0.25) is 4.79 Å². The number of hydrogen-bond donors (Lipinski definition) is 0. The zero-order valence-corrected chi connectivity index (χ0v) is 10.5. The Hall–Kier alpha value is -1.94. The molecule has 0 amide bonds. The number of carbonyl (C=O) groups is 1. The molecule has 0 unspecified atom stereocenters. The van der Waals surface area contributed by atoms with Gasteiger partial charge in [-0.15, -0.1) is 0 Å². The number of Topliss-reactive ketones (excluding diaryl/α,β-unsaturated/α-hetero) is 1. The zero-order valence-electron chi connectivity index (χ0n) is 9.69. The van der Waals surface area contributed by atoms with Crippen LogP contribution in [0.2, 0.25) is 0 Å². The van der Waals surface area contributed by atoms with Crippen LogP contribution in [0.3, 0.4) is 0 Å². The van der Waals surface area contributed by atoms with Crippen molar-refractivity contribution in [3.8, 4) is 0 Å². The van der Waals surface area contributed by atoms with Crippen molar-refractivity contribution in [2.24, 2.45) is 0 Å². The quantitative estimate of drug-likeness (QED) is 0.721. The number of allylic oxidation sites excluding steroid dienone is 1. The molecule has 19 heavy (non-hydrogen) atoms. The van der Waals surface area contributed by atoms with Gasteiger partial charge in [-0.2, -0.15) is 0 Å². The number of fused-ring (bicyclic) bond motifs is 1. The smallest absolute Gasteiger partial charge is 0.200 e. The van der Waals surface area contributed by atoms with Crippen molar-refractivity contribution in [2.75, 3.05) is 0 Å². The number of hydrogen-bond acceptors (Lipinski definition) is 2. The third-order valence-electron chi connectivity index (χ3n) is 2.82. The highest BCUT2D eigenvalue weighted by Gasteiger charge is 2.25. The molecule has 1 aliphatic rings. The first-order valence-corrected chi connectivity index (χ1v) is 6.45. The summed E-state index contributed by atoms with van der Waals surface area (Å²) < 4.78 is 26.4. The molecular formula is C15H8F2OS. The highest BCUT2D eigenvalue weighted by molar-refractivity contribution is 8.04. The van der Waals surface area contributed by atoms with Crippen LogP contribution in [0.1, 0.15) is 15.9 Å². The molecule has 4 heteroatoms. The Morgan fingerprint density at radius 3 is 2.58 bits per heavy atom. The Morgan fingerprint density at radius 2 is 1.84 bits per heavy atom. The fourth-order valence-electron chi connectivity index (χ4n) is 1.90. The predicted octanol–water partition coefficient (Wildman–Crippen LogP) is 4.29. The zero-order chi connectivity index (χ0) is 13.4. The first kappa shape index (κ1) is 12.1. The summed E-state index contributed by atoms with van der Waals surface area (Å²) in [6.07, 6.45) is 1.46. The van der Waals surface area contributed by atoms with E-state index in [1.165, 1.54) is 30.0 Å². The van der Waals surface area contributed by atoms with Gasteiger partial charge in [0.1, 0.15) is 11.6 Å². The summed E-state index contributed by atoms with van der Waals surface area (Å²) in [5.41, 5.74) is 0.839. The molecule has 0 fully saturated rings. The fraction of sp³-hybridized carbons (Fsp3) is 0. The lowest BCUT2D eigenvalue weighted by atomic mass is 10.1. The number of carbonyl (C=O) groups excluding carboxylic acids is 1. The number of ketones is 1. The summed E-state index contributed by atoms with van der Waals surface area (Å²) in [4.78, 5) is 13.4. The molecule has 2 aromatic rings. The molecule has 2 aromatic carbocycles. The molecule has 0 aromatic heterocycles. The van der Waals surface area contributed by atoms with Gasteiger partial charge in [-0.05, 0) is 30.3 Å². The second-order valence-electron chi connectivity index (χ2n) is 4.10. The van der Waals surface area contributed by atoms with E-state index in [1.54, 1.807) is 12.1 Å². The molecule has 1 aliphatic heterocycles. The Bertz CT molecular complexity index is 707. The number of halogens is 2. The van der Waals surface area contributed by atoms with Crippen molar-refractivity contribution in [1.29, 1.82) is 0 Å². The monoisotopic (exact) mass is 274 g/mol. The molecule has 0 aliphatic carbocycles. The van der Waals surface area contributed by atoms with Crippen molar-refractivity contribution in [3.63, 3.8) is 0 Å². The van der Waals surface area contributed by atoms with Crippen LogP contribution in [-0.2, 0) is 0 Å². The highest BCUT2D eigenvalue weighted by Crippen LogP contribution is 2.40. The lowest BCUT2D eigenvalue weighted by Gasteiger charge is -1.98.